The van der Waals surface area contributed by atoms with Crippen LogP contribution >= 0.6 is 11.6 Å². The summed E-state index contributed by atoms with van der Waals surface area (Å²) in [5.41, 5.74) is 0.263. The van der Waals surface area contributed by atoms with E-state index >= 15 is 0 Å². The summed E-state index contributed by atoms with van der Waals surface area (Å²) < 4.78 is 53.9. The van der Waals surface area contributed by atoms with Crippen LogP contribution in [0.25, 0.3) is 0 Å². The number of hydrogen-bond acceptors (Lipinski definition) is 5. The first-order valence-corrected chi connectivity index (χ1v) is 11.3. The van der Waals surface area contributed by atoms with Gasteiger partial charge in [0.05, 0.1) is 21.7 Å². The SMILES string of the molecule is O=S(=O)(Nc1ccc(Cl)nc1)c1ccc(S(=O)(=O)N2CCCCC2)cc1. The van der Waals surface area contributed by atoms with Gasteiger partial charge in [-0.15, -0.1) is 0 Å². The lowest BCUT2D eigenvalue weighted by atomic mass is 10.2. The third kappa shape index (κ3) is 4.17. The van der Waals surface area contributed by atoms with Gasteiger partial charge in [0.2, 0.25) is 10.0 Å². The average Bonchev–Trinajstić information content (AvgIpc) is 2.64. The number of nitrogens with zero attached hydrogens (tertiary/aromatic N) is 2. The zero-order valence-corrected chi connectivity index (χ0v) is 16.2. The number of hydrogen-bond donors (Lipinski definition) is 1. The lowest BCUT2D eigenvalue weighted by molar-refractivity contribution is 0.346. The molecule has 1 saturated heterocycles. The van der Waals surface area contributed by atoms with Gasteiger partial charge in [0.25, 0.3) is 10.0 Å². The van der Waals surface area contributed by atoms with Crippen molar-refractivity contribution in [1.29, 1.82) is 0 Å². The highest BCUT2D eigenvalue weighted by atomic mass is 35.5. The standard InChI is InChI=1S/C16H18ClN3O4S2/c17-16-9-4-13(12-18-16)19-25(21,22)14-5-7-15(8-6-14)26(23,24)20-10-2-1-3-11-20/h4-9,12,19H,1-3,10-11H2. The number of rotatable bonds is 5. The third-order valence-corrected chi connectivity index (χ3v) is 7.60. The molecule has 2 aromatic rings. The quantitative estimate of drug-likeness (QED) is 0.757. The monoisotopic (exact) mass is 415 g/mol. The predicted molar refractivity (Wildman–Crippen MR) is 99.1 cm³/mol. The zero-order valence-electron chi connectivity index (χ0n) is 13.8. The number of benzene rings is 1. The van der Waals surface area contributed by atoms with Gasteiger partial charge in [-0.2, -0.15) is 4.31 Å². The summed E-state index contributed by atoms with van der Waals surface area (Å²) in [5, 5.41) is 0.250. The number of sulfonamides is 2. The largest absolute Gasteiger partial charge is 0.278 e. The van der Waals surface area contributed by atoms with Crippen molar-refractivity contribution in [3.8, 4) is 0 Å². The molecule has 0 saturated carbocycles. The highest BCUT2D eigenvalue weighted by Gasteiger charge is 2.26. The van der Waals surface area contributed by atoms with Crippen molar-refractivity contribution in [2.24, 2.45) is 0 Å². The molecule has 140 valence electrons. The third-order valence-electron chi connectivity index (χ3n) is 4.07. The Hall–Kier alpha value is -1.68. The normalized spacial score (nSPS) is 16.3. The van der Waals surface area contributed by atoms with Gasteiger partial charge in [-0.25, -0.2) is 21.8 Å². The van der Waals surface area contributed by atoms with Crippen LogP contribution < -0.4 is 4.72 Å². The van der Waals surface area contributed by atoms with Crippen LogP contribution in [-0.4, -0.2) is 39.2 Å². The van der Waals surface area contributed by atoms with E-state index in [4.69, 9.17) is 11.6 Å². The van der Waals surface area contributed by atoms with Crippen LogP contribution in [0.15, 0.2) is 52.4 Å². The van der Waals surface area contributed by atoms with Crippen molar-refractivity contribution in [1.82, 2.24) is 9.29 Å². The molecule has 2 heterocycles. The van der Waals surface area contributed by atoms with E-state index in [0.29, 0.717) is 13.1 Å². The Morgan fingerprint density at radius 2 is 1.50 bits per heavy atom. The number of nitrogens with one attached hydrogen (secondary N) is 1. The Morgan fingerprint density at radius 3 is 2.08 bits per heavy atom. The smallest absolute Gasteiger partial charge is 0.261 e. The van der Waals surface area contributed by atoms with Crippen LogP contribution in [0, 0.1) is 0 Å². The molecular formula is C16H18ClN3O4S2. The summed E-state index contributed by atoms with van der Waals surface area (Å²) in [6.45, 7) is 0.987. The fourth-order valence-corrected chi connectivity index (χ4v) is 5.37. The van der Waals surface area contributed by atoms with Gasteiger partial charge in [0.1, 0.15) is 5.15 Å². The van der Waals surface area contributed by atoms with Crippen molar-refractivity contribution in [3.05, 3.63) is 47.7 Å². The number of aromatic nitrogens is 1. The lowest BCUT2D eigenvalue weighted by Crippen LogP contribution is -2.35. The minimum Gasteiger partial charge on any atom is -0.278 e. The summed E-state index contributed by atoms with van der Waals surface area (Å²) >= 11 is 5.67. The summed E-state index contributed by atoms with van der Waals surface area (Å²) in [5.74, 6) is 0. The number of piperidine rings is 1. The summed E-state index contributed by atoms with van der Waals surface area (Å²) in [6.07, 6.45) is 4.00. The molecule has 1 aromatic carbocycles. The van der Waals surface area contributed by atoms with Gasteiger partial charge in [-0.3, -0.25) is 4.72 Å². The minimum absolute atomic E-state index is 0.0370. The molecule has 1 aliphatic rings. The van der Waals surface area contributed by atoms with Crippen LogP contribution in [0.4, 0.5) is 5.69 Å². The summed E-state index contributed by atoms with van der Waals surface area (Å²) in [6, 6.07) is 8.15. The van der Waals surface area contributed by atoms with Crippen molar-refractivity contribution in [2.75, 3.05) is 17.8 Å². The van der Waals surface area contributed by atoms with Crippen LogP contribution in [0.2, 0.25) is 5.15 Å². The fraction of sp³-hybridized carbons (Fsp3) is 0.312. The van der Waals surface area contributed by atoms with Gasteiger partial charge in [-0.1, -0.05) is 18.0 Å². The molecule has 1 aromatic heterocycles. The maximum Gasteiger partial charge on any atom is 0.261 e. The van der Waals surface area contributed by atoms with Crippen LogP contribution in [0.3, 0.4) is 0 Å². The second-order valence-corrected chi connectivity index (χ2v) is 9.92. The second kappa shape index (κ2) is 7.51. The molecule has 3 rings (SSSR count). The van der Waals surface area contributed by atoms with Crippen LogP contribution in [0.1, 0.15) is 19.3 Å². The Kier molecular flexibility index (Phi) is 5.52. The molecule has 0 atom stereocenters. The zero-order chi connectivity index (χ0) is 18.8. The number of halogens is 1. The van der Waals surface area contributed by atoms with Gasteiger partial charge in [0, 0.05) is 13.1 Å². The minimum atomic E-state index is -3.85. The van der Waals surface area contributed by atoms with E-state index < -0.39 is 20.0 Å². The first-order chi connectivity index (χ1) is 12.3. The molecule has 0 bridgehead atoms. The molecule has 7 nitrogen and oxygen atoms in total. The van der Waals surface area contributed by atoms with E-state index in [1.165, 1.54) is 46.9 Å². The Morgan fingerprint density at radius 1 is 0.885 bits per heavy atom. The summed E-state index contributed by atoms with van der Waals surface area (Å²) in [7, 11) is -7.45. The molecule has 0 amide bonds. The maximum absolute atomic E-state index is 12.6. The first-order valence-electron chi connectivity index (χ1n) is 8.04. The van der Waals surface area contributed by atoms with Gasteiger partial charge in [0.15, 0.2) is 0 Å². The van der Waals surface area contributed by atoms with Crippen LogP contribution in [-0.2, 0) is 20.0 Å². The van der Waals surface area contributed by atoms with Gasteiger partial charge < -0.3 is 0 Å². The van der Waals surface area contributed by atoms with E-state index in [-0.39, 0.29) is 20.6 Å². The van der Waals surface area contributed by atoms with E-state index in [2.05, 4.69) is 9.71 Å². The molecule has 26 heavy (non-hydrogen) atoms. The Labute approximate surface area is 158 Å². The van der Waals surface area contributed by atoms with Gasteiger partial charge >= 0.3 is 0 Å². The lowest BCUT2D eigenvalue weighted by Gasteiger charge is -2.25. The molecule has 0 spiro atoms. The average molecular weight is 416 g/mol. The highest BCUT2D eigenvalue weighted by Crippen LogP contribution is 2.23. The van der Waals surface area contributed by atoms with E-state index in [0.717, 1.165) is 19.3 Å². The molecule has 10 heteroatoms. The predicted octanol–water partition coefficient (Wildman–Crippen LogP) is 2.71. The van der Waals surface area contributed by atoms with E-state index in [1.807, 2.05) is 0 Å². The molecule has 1 N–H and O–H groups in total. The van der Waals surface area contributed by atoms with Crippen molar-refractivity contribution in [3.63, 3.8) is 0 Å². The van der Waals surface area contributed by atoms with E-state index in [1.54, 1.807) is 0 Å². The van der Waals surface area contributed by atoms with Gasteiger partial charge in [-0.05, 0) is 49.2 Å². The topological polar surface area (TPSA) is 96.4 Å². The van der Waals surface area contributed by atoms with E-state index in [9.17, 15) is 16.8 Å². The maximum atomic E-state index is 12.6. The Bertz CT molecular complexity index is 969. The first kappa shape index (κ1) is 19.1. The molecule has 1 fully saturated rings. The van der Waals surface area contributed by atoms with Crippen LogP contribution in [0.5, 0.6) is 0 Å². The molecule has 1 aliphatic heterocycles. The summed E-state index contributed by atoms with van der Waals surface area (Å²) in [4.78, 5) is 3.86. The fourth-order valence-electron chi connectivity index (χ4n) is 2.70. The van der Waals surface area contributed by atoms with Crippen molar-refractivity contribution < 1.29 is 16.8 Å². The van der Waals surface area contributed by atoms with Crippen molar-refractivity contribution in [2.45, 2.75) is 29.1 Å². The molecule has 0 aliphatic carbocycles. The number of anilines is 1. The second-order valence-electron chi connectivity index (χ2n) is 5.91. The Balaban J connectivity index is 1.81. The van der Waals surface area contributed by atoms with Crippen molar-refractivity contribution >= 4 is 37.3 Å². The highest BCUT2D eigenvalue weighted by molar-refractivity contribution is 7.92. The number of pyridine rings is 1. The molecule has 0 unspecified atom stereocenters. The molecular weight excluding hydrogens is 398 g/mol. The molecule has 0 radical (unpaired) electrons.